The van der Waals surface area contributed by atoms with Gasteiger partial charge in [0.25, 0.3) is 0 Å². The molecule has 142 valence electrons. The smallest absolute Gasteiger partial charge is 0.191 e. The third-order valence-electron chi connectivity index (χ3n) is 5.00. The van der Waals surface area contributed by atoms with Crippen molar-refractivity contribution in [2.24, 2.45) is 10.4 Å². The van der Waals surface area contributed by atoms with Gasteiger partial charge in [-0.15, -0.1) is 0 Å². The van der Waals surface area contributed by atoms with Gasteiger partial charge in [-0.1, -0.05) is 19.8 Å². The molecule has 1 heterocycles. The van der Waals surface area contributed by atoms with Crippen LogP contribution >= 0.6 is 0 Å². The molecular formula is C20H35N3O2. The van der Waals surface area contributed by atoms with Gasteiger partial charge in [-0.3, -0.25) is 4.99 Å². The van der Waals surface area contributed by atoms with Crippen LogP contribution in [-0.4, -0.2) is 38.8 Å². The van der Waals surface area contributed by atoms with E-state index >= 15 is 0 Å². The summed E-state index contributed by atoms with van der Waals surface area (Å²) in [6.07, 6.45) is 10.0. The molecule has 0 radical (unpaired) electrons. The molecule has 0 aromatic carbocycles. The second-order valence-electron chi connectivity index (χ2n) is 7.00. The quantitative estimate of drug-likeness (QED) is 0.363. The van der Waals surface area contributed by atoms with Gasteiger partial charge in [0.05, 0.1) is 6.26 Å². The van der Waals surface area contributed by atoms with Crippen molar-refractivity contribution in [3.05, 3.63) is 24.2 Å². The van der Waals surface area contributed by atoms with Gasteiger partial charge in [-0.05, 0) is 50.2 Å². The summed E-state index contributed by atoms with van der Waals surface area (Å²) in [7, 11) is 0. The molecule has 2 rings (SSSR count). The third-order valence-corrected chi connectivity index (χ3v) is 5.00. The van der Waals surface area contributed by atoms with Crippen LogP contribution in [0.5, 0.6) is 0 Å². The lowest BCUT2D eigenvalue weighted by molar-refractivity contribution is 0.107. The van der Waals surface area contributed by atoms with E-state index in [1.165, 1.54) is 25.7 Å². The topological polar surface area (TPSA) is 58.8 Å². The molecule has 0 amide bonds. The van der Waals surface area contributed by atoms with Crippen LogP contribution in [0.25, 0.3) is 0 Å². The Morgan fingerprint density at radius 3 is 2.72 bits per heavy atom. The lowest BCUT2D eigenvalue weighted by Crippen LogP contribution is -2.39. The molecule has 2 N–H and O–H groups in total. The average Bonchev–Trinajstić information content (AvgIpc) is 3.30. The maximum atomic E-state index is 5.61. The van der Waals surface area contributed by atoms with Crippen molar-refractivity contribution in [2.75, 3.05) is 32.8 Å². The van der Waals surface area contributed by atoms with Crippen molar-refractivity contribution in [1.82, 2.24) is 10.6 Å². The Kier molecular flexibility index (Phi) is 8.87. The van der Waals surface area contributed by atoms with Crippen LogP contribution in [0.1, 0.15) is 58.1 Å². The number of nitrogens with one attached hydrogen (secondary N) is 2. The molecule has 0 atom stereocenters. The van der Waals surface area contributed by atoms with Crippen molar-refractivity contribution in [3.8, 4) is 0 Å². The Bertz CT molecular complexity index is 479. The van der Waals surface area contributed by atoms with E-state index in [0.717, 1.165) is 63.8 Å². The van der Waals surface area contributed by atoms with E-state index in [0.29, 0.717) is 5.41 Å². The zero-order chi connectivity index (χ0) is 17.8. The number of nitrogens with zero attached hydrogens (tertiary/aromatic N) is 1. The van der Waals surface area contributed by atoms with E-state index in [9.17, 15) is 0 Å². The minimum Gasteiger partial charge on any atom is -0.469 e. The van der Waals surface area contributed by atoms with E-state index < -0.39 is 0 Å². The third kappa shape index (κ3) is 7.10. The highest BCUT2D eigenvalue weighted by Crippen LogP contribution is 2.41. The molecule has 1 aromatic heterocycles. The van der Waals surface area contributed by atoms with E-state index in [1.807, 2.05) is 12.1 Å². The van der Waals surface area contributed by atoms with Gasteiger partial charge >= 0.3 is 0 Å². The van der Waals surface area contributed by atoms with Gasteiger partial charge in [0.15, 0.2) is 5.96 Å². The molecule has 25 heavy (non-hydrogen) atoms. The van der Waals surface area contributed by atoms with Crippen molar-refractivity contribution in [2.45, 2.75) is 58.8 Å². The first-order valence-electron chi connectivity index (χ1n) is 9.90. The fourth-order valence-electron chi connectivity index (χ4n) is 3.47. The Labute approximate surface area is 152 Å². The summed E-state index contributed by atoms with van der Waals surface area (Å²) in [5.74, 6) is 1.93. The molecule has 0 aliphatic heterocycles. The molecule has 5 heteroatoms. The summed E-state index contributed by atoms with van der Waals surface area (Å²) in [5, 5.41) is 6.88. The highest BCUT2D eigenvalue weighted by molar-refractivity contribution is 5.79. The lowest BCUT2D eigenvalue weighted by Gasteiger charge is -2.27. The minimum atomic E-state index is 0.330. The number of aliphatic imine (C=N–C) groups is 1. The largest absolute Gasteiger partial charge is 0.469 e. The van der Waals surface area contributed by atoms with E-state index in [1.54, 1.807) is 6.26 Å². The van der Waals surface area contributed by atoms with Gasteiger partial charge in [0, 0.05) is 39.3 Å². The summed E-state index contributed by atoms with van der Waals surface area (Å²) in [5.41, 5.74) is 0.330. The molecule has 0 saturated heterocycles. The summed E-state index contributed by atoms with van der Waals surface area (Å²) in [6, 6.07) is 3.95. The Hall–Kier alpha value is -1.49. The van der Waals surface area contributed by atoms with Crippen LogP contribution < -0.4 is 10.6 Å². The normalized spacial score (nSPS) is 17.0. The Balaban J connectivity index is 1.87. The summed E-state index contributed by atoms with van der Waals surface area (Å²) in [6.45, 7) is 8.56. The SMILES string of the molecule is CCCNC(=NCC1(CCOCC)CCCC1)NCCc1ccco1. The van der Waals surface area contributed by atoms with Crippen LogP contribution in [0.3, 0.4) is 0 Å². The molecular weight excluding hydrogens is 314 g/mol. The van der Waals surface area contributed by atoms with Crippen molar-refractivity contribution in [1.29, 1.82) is 0 Å². The average molecular weight is 350 g/mol. The van der Waals surface area contributed by atoms with Crippen molar-refractivity contribution >= 4 is 5.96 Å². The number of hydrogen-bond donors (Lipinski definition) is 2. The summed E-state index contributed by atoms with van der Waals surface area (Å²) >= 11 is 0. The fraction of sp³-hybridized carbons (Fsp3) is 0.750. The monoisotopic (exact) mass is 349 g/mol. The van der Waals surface area contributed by atoms with Crippen LogP contribution in [-0.2, 0) is 11.2 Å². The number of rotatable bonds is 11. The maximum Gasteiger partial charge on any atom is 0.191 e. The molecule has 0 unspecified atom stereocenters. The number of furan rings is 1. The van der Waals surface area contributed by atoms with E-state index in [2.05, 4.69) is 24.5 Å². The fourth-order valence-corrected chi connectivity index (χ4v) is 3.47. The Morgan fingerprint density at radius 2 is 2.04 bits per heavy atom. The molecule has 0 bridgehead atoms. The zero-order valence-corrected chi connectivity index (χ0v) is 16.0. The standard InChI is InChI=1S/C20H35N3O2/c1-3-13-21-19(22-14-9-18-8-7-15-25-18)23-17-20(10-5-6-11-20)12-16-24-4-2/h7-8,15H,3-6,9-14,16-17H2,1-2H3,(H2,21,22,23). The van der Waals surface area contributed by atoms with Gasteiger partial charge < -0.3 is 19.8 Å². The highest BCUT2D eigenvalue weighted by atomic mass is 16.5. The summed E-state index contributed by atoms with van der Waals surface area (Å²) < 4.78 is 11.0. The molecule has 1 aromatic rings. The molecule has 5 nitrogen and oxygen atoms in total. The number of guanidine groups is 1. The highest BCUT2D eigenvalue weighted by Gasteiger charge is 2.33. The molecule has 1 aliphatic carbocycles. The van der Waals surface area contributed by atoms with Crippen molar-refractivity contribution < 1.29 is 9.15 Å². The first-order valence-corrected chi connectivity index (χ1v) is 9.90. The number of hydrogen-bond acceptors (Lipinski definition) is 3. The second kappa shape index (κ2) is 11.2. The predicted octanol–water partition coefficient (Wildman–Crippen LogP) is 3.75. The molecule has 1 saturated carbocycles. The summed E-state index contributed by atoms with van der Waals surface area (Å²) in [4.78, 5) is 4.92. The van der Waals surface area contributed by atoms with Gasteiger partial charge in [0.2, 0.25) is 0 Å². The first kappa shape index (κ1) is 19.8. The minimum absolute atomic E-state index is 0.330. The van der Waals surface area contributed by atoms with Crippen LogP contribution in [0.2, 0.25) is 0 Å². The van der Waals surface area contributed by atoms with Crippen LogP contribution in [0.4, 0.5) is 0 Å². The van der Waals surface area contributed by atoms with Crippen molar-refractivity contribution in [3.63, 3.8) is 0 Å². The molecule has 0 spiro atoms. The molecule has 1 aliphatic rings. The first-order chi connectivity index (χ1) is 12.3. The van der Waals surface area contributed by atoms with E-state index in [-0.39, 0.29) is 0 Å². The number of ether oxygens (including phenoxy) is 1. The van der Waals surface area contributed by atoms with Gasteiger partial charge in [0.1, 0.15) is 5.76 Å². The van der Waals surface area contributed by atoms with Gasteiger partial charge in [-0.2, -0.15) is 0 Å². The Morgan fingerprint density at radius 1 is 1.24 bits per heavy atom. The van der Waals surface area contributed by atoms with Crippen LogP contribution in [0, 0.1) is 5.41 Å². The molecule has 1 fully saturated rings. The predicted molar refractivity (Wildman–Crippen MR) is 103 cm³/mol. The maximum absolute atomic E-state index is 5.61. The second-order valence-corrected chi connectivity index (χ2v) is 7.00. The van der Waals surface area contributed by atoms with E-state index in [4.69, 9.17) is 14.1 Å². The van der Waals surface area contributed by atoms with Gasteiger partial charge in [-0.25, -0.2) is 0 Å². The zero-order valence-electron chi connectivity index (χ0n) is 16.0. The van der Waals surface area contributed by atoms with Crippen LogP contribution in [0.15, 0.2) is 27.8 Å². The lowest BCUT2D eigenvalue weighted by atomic mass is 9.83.